The predicted octanol–water partition coefficient (Wildman–Crippen LogP) is 3.81. The maximum absolute atomic E-state index is 12.2. The Balaban J connectivity index is 1.37. The van der Waals surface area contributed by atoms with Crippen LogP contribution in [-0.2, 0) is 6.42 Å². The van der Waals surface area contributed by atoms with Gasteiger partial charge in [0.1, 0.15) is 11.5 Å². The van der Waals surface area contributed by atoms with Crippen molar-refractivity contribution in [2.24, 2.45) is 0 Å². The Kier molecular flexibility index (Phi) is 4.13. The molecule has 144 valence electrons. The lowest BCUT2D eigenvalue weighted by Gasteiger charge is -2.20. The highest BCUT2D eigenvalue weighted by molar-refractivity contribution is 5.76. The minimum atomic E-state index is -0.261. The summed E-state index contributed by atoms with van der Waals surface area (Å²) in [5.74, 6) is 1.53. The van der Waals surface area contributed by atoms with Crippen LogP contribution in [-0.4, -0.2) is 28.6 Å². The lowest BCUT2D eigenvalue weighted by molar-refractivity contribution is 0.357. The van der Waals surface area contributed by atoms with Crippen molar-refractivity contribution in [3.05, 3.63) is 76.8 Å². The Hall–Kier alpha value is -3.87. The number of nitrogens with zero attached hydrogens (tertiary/aromatic N) is 3. The number of nitrogens with one attached hydrogen (secondary N) is 1. The Morgan fingerprint density at radius 2 is 1.93 bits per heavy atom. The zero-order valence-electron chi connectivity index (χ0n) is 15.8. The quantitative estimate of drug-likeness (QED) is 0.574. The van der Waals surface area contributed by atoms with Gasteiger partial charge in [-0.1, -0.05) is 6.07 Å². The summed E-state index contributed by atoms with van der Waals surface area (Å²) in [7, 11) is 2.00. The van der Waals surface area contributed by atoms with Crippen LogP contribution in [0, 0.1) is 0 Å². The molecule has 1 aliphatic rings. The van der Waals surface area contributed by atoms with Crippen LogP contribution in [0.3, 0.4) is 0 Å². The summed E-state index contributed by atoms with van der Waals surface area (Å²) < 4.78 is 11.4. The maximum atomic E-state index is 12.2. The molecule has 0 spiro atoms. The van der Waals surface area contributed by atoms with Crippen LogP contribution in [0.1, 0.15) is 5.56 Å². The van der Waals surface area contributed by atoms with Gasteiger partial charge in [-0.05, 0) is 42.0 Å². The van der Waals surface area contributed by atoms with E-state index in [2.05, 4.69) is 38.1 Å². The van der Waals surface area contributed by atoms with E-state index in [9.17, 15) is 4.79 Å². The Labute approximate surface area is 166 Å². The summed E-state index contributed by atoms with van der Waals surface area (Å²) in [4.78, 5) is 25.2. The number of aromatic amines is 1. The first-order valence-corrected chi connectivity index (χ1v) is 9.29. The molecular weight excluding hydrogens is 368 g/mol. The molecule has 1 aliphatic heterocycles. The fourth-order valence-electron chi connectivity index (χ4n) is 3.38. The highest BCUT2D eigenvalue weighted by atomic mass is 16.5. The molecule has 7 nitrogen and oxygen atoms in total. The third-order valence-electron chi connectivity index (χ3n) is 4.99. The van der Waals surface area contributed by atoms with Crippen molar-refractivity contribution in [2.75, 3.05) is 18.6 Å². The van der Waals surface area contributed by atoms with E-state index in [0.717, 1.165) is 30.2 Å². The Bertz CT molecular complexity index is 1250. The molecule has 0 saturated carbocycles. The average Bonchev–Trinajstić information content (AvgIpc) is 3.22. The number of benzene rings is 2. The van der Waals surface area contributed by atoms with Gasteiger partial charge in [0.05, 0.1) is 23.7 Å². The largest absolute Gasteiger partial charge is 0.493 e. The molecule has 2 aromatic heterocycles. The Morgan fingerprint density at radius 1 is 1.10 bits per heavy atom. The first kappa shape index (κ1) is 17.2. The molecule has 29 heavy (non-hydrogen) atoms. The van der Waals surface area contributed by atoms with Crippen LogP contribution < -0.4 is 19.9 Å². The van der Waals surface area contributed by atoms with Gasteiger partial charge in [0.15, 0.2) is 0 Å². The molecule has 0 fully saturated rings. The smallest absolute Gasteiger partial charge is 0.302 e. The van der Waals surface area contributed by atoms with Crippen LogP contribution in [0.15, 0.2) is 65.7 Å². The van der Waals surface area contributed by atoms with Crippen LogP contribution in [0.4, 0.5) is 11.4 Å². The SMILES string of the molecule is CN(c1ccc(Oc2nc3cnccc3c(=O)[nH]2)cc1)c1ccc2c(c1)OCC2. The number of fused-ring (bicyclic) bond motifs is 2. The van der Waals surface area contributed by atoms with E-state index >= 15 is 0 Å². The molecule has 4 aromatic rings. The third-order valence-corrected chi connectivity index (χ3v) is 4.99. The van der Waals surface area contributed by atoms with Crippen LogP contribution in [0.2, 0.25) is 0 Å². The molecule has 0 atom stereocenters. The molecule has 5 rings (SSSR count). The van der Waals surface area contributed by atoms with E-state index in [1.807, 2.05) is 31.3 Å². The van der Waals surface area contributed by atoms with Gasteiger partial charge in [-0.15, -0.1) is 0 Å². The summed E-state index contributed by atoms with van der Waals surface area (Å²) >= 11 is 0. The van der Waals surface area contributed by atoms with Crippen molar-refractivity contribution in [1.29, 1.82) is 0 Å². The second-order valence-corrected chi connectivity index (χ2v) is 6.81. The van der Waals surface area contributed by atoms with Crippen LogP contribution >= 0.6 is 0 Å². The molecular formula is C22H18N4O3. The zero-order chi connectivity index (χ0) is 19.8. The first-order chi connectivity index (χ1) is 14.2. The number of pyridine rings is 1. The average molecular weight is 386 g/mol. The third kappa shape index (κ3) is 3.27. The fraction of sp³-hybridized carbons (Fsp3) is 0.136. The summed E-state index contributed by atoms with van der Waals surface area (Å²) in [6.45, 7) is 0.746. The Morgan fingerprint density at radius 3 is 2.79 bits per heavy atom. The molecule has 0 radical (unpaired) electrons. The summed E-state index contributed by atoms with van der Waals surface area (Å²) in [6, 6.07) is 15.6. The van der Waals surface area contributed by atoms with Crippen molar-refractivity contribution in [3.63, 3.8) is 0 Å². The van der Waals surface area contributed by atoms with Gasteiger partial charge in [0.25, 0.3) is 5.56 Å². The summed E-state index contributed by atoms with van der Waals surface area (Å²) in [6.07, 6.45) is 4.06. The van der Waals surface area contributed by atoms with Crippen molar-refractivity contribution in [1.82, 2.24) is 15.0 Å². The second-order valence-electron chi connectivity index (χ2n) is 6.81. The number of aromatic nitrogens is 3. The van der Waals surface area contributed by atoms with Gasteiger partial charge < -0.3 is 14.4 Å². The van der Waals surface area contributed by atoms with Gasteiger partial charge in [-0.3, -0.25) is 14.8 Å². The summed E-state index contributed by atoms with van der Waals surface area (Å²) in [5, 5.41) is 0.475. The molecule has 0 aliphatic carbocycles. The van der Waals surface area contributed by atoms with Crippen LogP contribution in [0.25, 0.3) is 10.9 Å². The topological polar surface area (TPSA) is 80.3 Å². The molecule has 1 N–H and O–H groups in total. The number of ether oxygens (including phenoxy) is 2. The molecule has 7 heteroatoms. The minimum absolute atomic E-state index is 0.132. The monoisotopic (exact) mass is 386 g/mol. The number of hydrogen-bond donors (Lipinski definition) is 1. The highest BCUT2D eigenvalue weighted by Gasteiger charge is 2.14. The maximum Gasteiger partial charge on any atom is 0.302 e. The highest BCUT2D eigenvalue weighted by Crippen LogP contribution is 2.33. The lowest BCUT2D eigenvalue weighted by atomic mass is 10.1. The zero-order valence-corrected chi connectivity index (χ0v) is 15.8. The minimum Gasteiger partial charge on any atom is -0.493 e. The van der Waals surface area contributed by atoms with E-state index in [-0.39, 0.29) is 11.6 Å². The lowest BCUT2D eigenvalue weighted by Crippen LogP contribution is -2.10. The van der Waals surface area contributed by atoms with Gasteiger partial charge in [0.2, 0.25) is 0 Å². The number of H-pyrrole nitrogens is 1. The molecule has 3 heterocycles. The number of hydrogen-bond acceptors (Lipinski definition) is 6. The van der Waals surface area contributed by atoms with Crippen molar-refractivity contribution in [2.45, 2.75) is 6.42 Å². The van der Waals surface area contributed by atoms with Gasteiger partial charge in [0, 0.05) is 37.1 Å². The van der Waals surface area contributed by atoms with Gasteiger partial charge in [-0.2, -0.15) is 4.98 Å². The van der Waals surface area contributed by atoms with Gasteiger partial charge >= 0.3 is 6.01 Å². The molecule has 0 amide bonds. The predicted molar refractivity (Wildman–Crippen MR) is 110 cm³/mol. The van der Waals surface area contributed by atoms with E-state index in [1.165, 1.54) is 11.8 Å². The second kappa shape index (κ2) is 6.94. The molecule has 0 bridgehead atoms. The molecule has 2 aromatic carbocycles. The standard InChI is InChI=1S/C22H18N4O3/c1-26(16-3-2-14-9-11-28-20(14)12-16)15-4-6-17(7-5-15)29-22-24-19-13-23-10-8-18(19)21(27)25-22/h2-8,10,12-13H,9,11H2,1H3,(H,24,25,27). The first-order valence-electron chi connectivity index (χ1n) is 9.29. The molecule has 0 unspecified atom stereocenters. The normalized spacial score (nSPS) is 12.4. The van der Waals surface area contributed by atoms with Crippen molar-refractivity contribution in [3.8, 4) is 17.5 Å². The number of rotatable bonds is 4. The summed E-state index contributed by atoms with van der Waals surface area (Å²) in [5.41, 5.74) is 3.52. The van der Waals surface area contributed by atoms with E-state index in [4.69, 9.17) is 9.47 Å². The van der Waals surface area contributed by atoms with E-state index in [1.54, 1.807) is 12.3 Å². The number of anilines is 2. The van der Waals surface area contributed by atoms with Crippen molar-refractivity contribution < 1.29 is 9.47 Å². The van der Waals surface area contributed by atoms with E-state index < -0.39 is 0 Å². The van der Waals surface area contributed by atoms with Gasteiger partial charge in [-0.25, -0.2) is 0 Å². The fourth-order valence-corrected chi connectivity index (χ4v) is 3.38. The van der Waals surface area contributed by atoms with E-state index in [0.29, 0.717) is 16.7 Å². The molecule has 0 saturated heterocycles. The van der Waals surface area contributed by atoms with Crippen LogP contribution in [0.5, 0.6) is 17.5 Å². The van der Waals surface area contributed by atoms with Crippen molar-refractivity contribution >= 4 is 22.3 Å².